The minimum Gasteiger partial charge on any atom is -0.393 e. The number of nitro groups is 1. The molecule has 1 fully saturated rings. The number of nitrogens with zero attached hydrogens (tertiary/aromatic N) is 2. The third-order valence-electron chi connectivity index (χ3n) is 3.38. The van der Waals surface area contributed by atoms with Gasteiger partial charge in [0.05, 0.1) is 11.0 Å². The monoisotopic (exact) mass is 250 g/mol. The summed E-state index contributed by atoms with van der Waals surface area (Å²) < 4.78 is 0. The predicted molar refractivity (Wildman–Crippen MR) is 68.2 cm³/mol. The van der Waals surface area contributed by atoms with Gasteiger partial charge >= 0.3 is 0 Å². The number of rotatable bonds is 5. The lowest BCUT2D eigenvalue weighted by atomic mass is 9.82. The highest BCUT2D eigenvalue weighted by Crippen LogP contribution is 2.27. The molecule has 1 aromatic rings. The summed E-state index contributed by atoms with van der Waals surface area (Å²) >= 11 is 0. The van der Waals surface area contributed by atoms with Crippen LogP contribution in [-0.4, -0.2) is 34.6 Å². The van der Waals surface area contributed by atoms with Gasteiger partial charge in [0, 0.05) is 25.2 Å². The second kappa shape index (κ2) is 5.46. The number of aliphatic hydroxyl groups excluding tert-OH is 1. The molecule has 0 bridgehead atoms. The second-order valence-corrected chi connectivity index (χ2v) is 5.11. The number of nitro benzene ring substituents is 1. The highest BCUT2D eigenvalue weighted by atomic mass is 16.6. The molecule has 0 heterocycles. The second-order valence-electron chi connectivity index (χ2n) is 5.11. The van der Waals surface area contributed by atoms with Gasteiger partial charge in [-0.2, -0.15) is 0 Å². The van der Waals surface area contributed by atoms with Crippen LogP contribution >= 0.6 is 0 Å². The zero-order valence-electron chi connectivity index (χ0n) is 10.5. The fraction of sp³-hybridized carbons (Fsp3) is 0.538. The third-order valence-corrected chi connectivity index (χ3v) is 3.38. The van der Waals surface area contributed by atoms with Crippen molar-refractivity contribution in [3.8, 4) is 0 Å². The number of hydrogen-bond donors (Lipinski definition) is 1. The first-order valence-electron chi connectivity index (χ1n) is 6.14. The van der Waals surface area contributed by atoms with Gasteiger partial charge in [-0.05, 0) is 31.4 Å². The Hall–Kier alpha value is -1.46. The molecule has 1 saturated carbocycles. The van der Waals surface area contributed by atoms with Crippen molar-refractivity contribution in [2.24, 2.45) is 5.92 Å². The van der Waals surface area contributed by atoms with Crippen LogP contribution in [0.15, 0.2) is 24.3 Å². The molecule has 5 heteroatoms. The molecule has 0 unspecified atom stereocenters. The van der Waals surface area contributed by atoms with Crippen molar-refractivity contribution in [2.75, 3.05) is 13.6 Å². The standard InChI is InChI=1S/C13H18N2O3/c1-14(9-11-6-13(16)7-11)8-10-2-4-12(5-3-10)15(17)18/h2-5,11,13,16H,6-9H2,1H3. The smallest absolute Gasteiger partial charge is 0.269 e. The van der Waals surface area contributed by atoms with E-state index in [-0.39, 0.29) is 16.7 Å². The summed E-state index contributed by atoms with van der Waals surface area (Å²) in [6, 6.07) is 6.67. The van der Waals surface area contributed by atoms with Crippen molar-refractivity contribution in [1.29, 1.82) is 0 Å². The molecule has 0 spiro atoms. The van der Waals surface area contributed by atoms with Crippen molar-refractivity contribution in [2.45, 2.75) is 25.5 Å². The Kier molecular flexibility index (Phi) is 3.93. The van der Waals surface area contributed by atoms with Gasteiger partial charge in [-0.3, -0.25) is 10.1 Å². The maximum absolute atomic E-state index is 10.5. The summed E-state index contributed by atoms with van der Waals surface area (Å²) in [6.07, 6.45) is 1.68. The van der Waals surface area contributed by atoms with Gasteiger partial charge in [0.1, 0.15) is 0 Å². The highest BCUT2D eigenvalue weighted by Gasteiger charge is 2.27. The molecule has 0 aromatic heterocycles. The summed E-state index contributed by atoms with van der Waals surface area (Å²) in [4.78, 5) is 12.3. The van der Waals surface area contributed by atoms with E-state index in [1.165, 1.54) is 12.1 Å². The SMILES string of the molecule is CN(Cc1ccc([N+](=O)[O-])cc1)CC1CC(O)C1. The molecule has 5 nitrogen and oxygen atoms in total. The maximum atomic E-state index is 10.5. The summed E-state index contributed by atoms with van der Waals surface area (Å²) in [5, 5.41) is 19.7. The lowest BCUT2D eigenvalue weighted by Gasteiger charge is -2.34. The van der Waals surface area contributed by atoms with E-state index in [0.29, 0.717) is 5.92 Å². The summed E-state index contributed by atoms with van der Waals surface area (Å²) in [6.45, 7) is 1.75. The van der Waals surface area contributed by atoms with Crippen molar-refractivity contribution < 1.29 is 10.0 Å². The van der Waals surface area contributed by atoms with Crippen LogP contribution in [0.4, 0.5) is 5.69 Å². The number of aliphatic hydroxyl groups is 1. The van der Waals surface area contributed by atoms with Crippen molar-refractivity contribution in [3.05, 3.63) is 39.9 Å². The van der Waals surface area contributed by atoms with Gasteiger partial charge in [-0.1, -0.05) is 12.1 Å². The Labute approximate surface area is 106 Å². The third kappa shape index (κ3) is 3.27. The van der Waals surface area contributed by atoms with E-state index in [1.807, 2.05) is 7.05 Å². The molecule has 1 aliphatic carbocycles. The molecule has 0 saturated heterocycles. The summed E-state index contributed by atoms with van der Waals surface area (Å²) in [7, 11) is 2.03. The van der Waals surface area contributed by atoms with Crippen molar-refractivity contribution in [3.63, 3.8) is 0 Å². The zero-order chi connectivity index (χ0) is 13.1. The zero-order valence-corrected chi connectivity index (χ0v) is 10.5. The lowest BCUT2D eigenvalue weighted by molar-refractivity contribution is -0.384. The van der Waals surface area contributed by atoms with Crippen molar-refractivity contribution in [1.82, 2.24) is 4.90 Å². The molecule has 0 radical (unpaired) electrons. The van der Waals surface area contributed by atoms with Gasteiger partial charge in [0.25, 0.3) is 5.69 Å². The Morgan fingerprint density at radius 2 is 2.00 bits per heavy atom. The molecule has 0 aliphatic heterocycles. The van der Waals surface area contributed by atoms with Crippen LogP contribution in [0.2, 0.25) is 0 Å². The van der Waals surface area contributed by atoms with Gasteiger partial charge in [-0.25, -0.2) is 0 Å². The lowest BCUT2D eigenvalue weighted by Crippen LogP contribution is -2.36. The summed E-state index contributed by atoms with van der Waals surface area (Å²) in [5.74, 6) is 0.586. The fourth-order valence-corrected chi connectivity index (χ4v) is 2.39. The van der Waals surface area contributed by atoms with Crippen molar-refractivity contribution >= 4 is 5.69 Å². The predicted octanol–water partition coefficient (Wildman–Crippen LogP) is 1.80. The molecular weight excluding hydrogens is 232 g/mol. The number of benzene rings is 1. The number of hydrogen-bond acceptors (Lipinski definition) is 4. The van der Waals surface area contributed by atoms with Crippen LogP contribution in [0, 0.1) is 16.0 Å². The first-order valence-corrected chi connectivity index (χ1v) is 6.14. The normalized spacial score (nSPS) is 22.8. The van der Waals surface area contributed by atoms with Crippen LogP contribution in [0.5, 0.6) is 0 Å². The Morgan fingerprint density at radius 1 is 1.39 bits per heavy atom. The molecule has 0 amide bonds. The molecule has 1 aromatic carbocycles. The van der Waals surface area contributed by atoms with E-state index < -0.39 is 0 Å². The molecule has 98 valence electrons. The molecule has 18 heavy (non-hydrogen) atoms. The van der Waals surface area contributed by atoms with Crippen LogP contribution in [0.3, 0.4) is 0 Å². The van der Waals surface area contributed by atoms with Crippen LogP contribution < -0.4 is 0 Å². The summed E-state index contributed by atoms with van der Waals surface area (Å²) in [5.41, 5.74) is 1.20. The molecule has 1 aliphatic rings. The van der Waals surface area contributed by atoms with E-state index in [4.69, 9.17) is 0 Å². The Balaban J connectivity index is 1.83. The van der Waals surface area contributed by atoms with Gasteiger partial charge in [-0.15, -0.1) is 0 Å². The van der Waals surface area contributed by atoms with Crippen LogP contribution in [0.25, 0.3) is 0 Å². The fourth-order valence-electron chi connectivity index (χ4n) is 2.39. The highest BCUT2D eigenvalue weighted by molar-refractivity contribution is 5.32. The quantitative estimate of drug-likeness (QED) is 0.639. The first-order chi connectivity index (χ1) is 8.54. The topological polar surface area (TPSA) is 66.6 Å². The van der Waals surface area contributed by atoms with Gasteiger partial charge < -0.3 is 10.0 Å². The average Bonchev–Trinajstić information content (AvgIpc) is 2.27. The Bertz CT molecular complexity index is 413. The van der Waals surface area contributed by atoms with E-state index >= 15 is 0 Å². The molecule has 1 N–H and O–H groups in total. The van der Waals surface area contributed by atoms with Crippen LogP contribution in [-0.2, 0) is 6.54 Å². The Morgan fingerprint density at radius 3 is 2.50 bits per heavy atom. The molecule has 0 atom stereocenters. The van der Waals surface area contributed by atoms with E-state index in [1.54, 1.807) is 12.1 Å². The largest absolute Gasteiger partial charge is 0.393 e. The van der Waals surface area contributed by atoms with Crippen LogP contribution in [0.1, 0.15) is 18.4 Å². The first kappa shape index (κ1) is 13.0. The van der Waals surface area contributed by atoms with E-state index in [0.717, 1.165) is 31.5 Å². The number of non-ortho nitro benzene ring substituents is 1. The van der Waals surface area contributed by atoms with Gasteiger partial charge in [0.2, 0.25) is 0 Å². The minimum atomic E-state index is -0.386. The molecule has 2 rings (SSSR count). The minimum absolute atomic E-state index is 0.109. The maximum Gasteiger partial charge on any atom is 0.269 e. The van der Waals surface area contributed by atoms with E-state index in [9.17, 15) is 15.2 Å². The van der Waals surface area contributed by atoms with E-state index in [2.05, 4.69) is 4.90 Å². The average molecular weight is 250 g/mol. The molecular formula is C13H18N2O3. The van der Waals surface area contributed by atoms with Gasteiger partial charge in [0.15, 0.2) is 0 Å².